The molecule has 0 bridgehead atoms. The summed E-state index contributed by atoms with van der Waals surface area (Å²) >= 11 is 0. The summed E-state index contributed by atoms with van der Waals surface area (Å²) in [6.45, 7) is 9.53. The van der Waals surface area contributed by atoms with Gasteiger partial charge in [-0.05, 0) is 80.9 Å². The number of rotatable bonds is 6. The summed E-state index contributed by atoms with van der Waals surface area (Å²) in [4.78, 5) is 20.6. The van der Waals surface area contributed by atoms with E-state index in [9.17, 15) is 0 Å². The van der Waals surface area contributed by atoms with Gasteiger partial charge in [-0.3, -0.25) is 4.98 Å². The third-order valence-corrected chi connectivity index (χ3v) is 16.2. The maximum atomic E-state index is 5.27. The van der Waals surface area contributed by atoms with Crippen molar-refractivity contribution in [3.8, 4) is 78.9 Å². The lowest BCUT2D eigenvalue weighted by atomic mass is 9.80. The number of benzene rings is 9. The van der Waals surface area contributed by atoms with Crippen molar-refractivity contribution in [3.63, 3.8) is 0 Å². The van der Waals surface area contributed by atoms with Gasteiger partial charge < -0.3 is 9.13 Å². The number of hydrogen-bond donors (Lipinski definition) is 0. The van der Waals surface area contributed by atoms with E-state index in [1.807, 2.05) is 42.6 Å². The maximum Gasteiger partial charge on any atom is 0.164 e. The zero-order chi connectivity index (χ0) is 49.5. The van der Waals surface area contributed by atoms with Gasteiger partial charge in [0.05, 0.1) is 39.6 Å². The van der Waals surface area contributed by atoms with Crippen LogP contribution in [0.3, 0.4) is 0 Å². The fraction of sp³-hybridized carbons (Fsp3) is 0.0882. The summed E-state index contributed by atoms with van der Waals surface area (Å²) < 4.78 is 4.94. The van der Waals surface area contributed by atoms with Gasteiger partial charge in [-0.1, -0.05) is 198 Å². The summed E-state index contributed by atoms with van der Waals surface area (Å²) in [5, 5.41) is 4.99. The standard InChI is InChI=1S/C68H48N6/c1-67(2)52-27-15-11-23-44(52)48-33-35-56-60(62(48)67)50-25-13-17-29-54(50)73(56)58-39-43(66-71-64(41-19-7-5-8-20-41)70-65(72-66)42-21-9-6-10-22-42)31-32-46(58)47-37-38-69-40-59(47)74-55-30-18-14-26-51(55)61-57(74)36-34-49-45-24-12-16-28-53(45)68(3,4)63(49)61/h5-40H,1-4H3. The summed E-state index contributed by atoms with van der Waals surface area (Å²) in [6, 6.07) is 74.4. The van der Waals surface area contributed by atoms with Crippen LogP contribution in [0.2, 0.25) is 0 Å². The molecule has 0 N–H and O–H groups in total. The monoisotopic (exact) mass is 948 g/mol. The Labute approximate surface area is 429 Å². The van der Waals surface area contributed by atoms with Crippen molar-refractivity contribution in [2.75, 3.05) is 0 Å². The van der Waals surface area contributed by atoms with Crippen molar-refractivity contribution in [1.29, 1.82) is 0 Å². The van der Waals surface area contributed by atoms with Crippen LogP contribution in [-0.2, 0) is 10.8 Å². The van der Waals surface area contributed by atoms with E-state index in [1.165, 1.54) is 66.1 Å². The Kier molecular flexibility index (Phi) is 8.95. The second-order valence-corrected chi connectivity index (χ2v) is 21.0. The molecule has 6 heteroatoms. The number of nitrogens with zero attached hydrogens (tertiary/aromatic N) is 6. The molecule has 0 fully saturated rings. The van der Waals surface area contributed by atoms with Crippen molar-refractivity contribution in [1.82, 2.24) is 29.1 Å². The van der Waals surface area contributed by atoms with Gasteiger partial charge in [0.2, 0.25) is 0 Å². The highest BCUT2D eigenvalue weighted by molar-refractivity contribution is 6.16. The Bertz CT molecular complexity index is 4420. The summed E-state index contributed by atoms with van der Waals surface area (Å²) in [5.41, 5.74) is 21.6. The highest BCUT2D eigenvalue weighted by atomic mass is 15.0. The smallest absolute Gasteiger partial charge is 0.164 e. The first-order valence-electron chi connectivity index (χ1n) is 25.6. The molecule has 13 aromatic rings. The molecule has 0 spiro atoms. The molecule has 2 aliphatic carbocycles. The Morgan fingerprint density at radius 3 is 1.31 bits per heavy atom. The highest BCUT2D eigenvalue weighted by Crippen LogP contribution is 2.55. The van der Waals surface area contributed by atoms with E-state index in [0.29, 0.717) is 17.5 Å². The largest absolute Gasteiger partial charge is 0.309 e. The number of para-hydroxylation sites is 2. The van der Waals surface area contributed by atoms with Gasteiger partial charge in [-0.25, -0.2) is 15.0 Å². The number of pyridine rings is 1. The predicted molar refractivity (Wildman–Crippen MR) is 303 cm³/mol. The average molecular weight is 949 g/mol. The first-order valence-corrected chi connectivity index (χ1v) is 25.6. The molecule has 0 saturated carbocycles. The van der Waals surface area contributed by atoms with Crippen molar-refractivity contribution >= 4 is 43.6 Å². The van der Waals surface area contributed by atoms with Crippen LogP contribution in [0.25, 0.3) is 123 Å². The molecular weight excluding hydrogens is 901 g/mol. The van der Waals surface area contributed by atoms with Gasteiger partial charge in [0.15, 0.2) is 17.5 Å². The van der Waals surface area contributed by atoms with Crippen LogP contribution in [0.5, 0.6) is 0 Å². The van der Waals surface area contributed by atoms with Crippen LogP contribution < -0.4 is 0 Å². The molecule has 0 radical (unpaired) electrons. The molecule has 2 aliphatic rings. The van der Waals surface area contributed by atoms with E-state index in [2.05, 4.69) is 213 Å². The van der Waals surface area contributed by atoms with E-state index in [-0.39, 0.29) is 10.8 Å². The molecule has 0 aliphatic heterocycles. The third-order valence-electron chi connectivity index (χ3n) is 16.2. The zero-order valence-corrected chi connectivity index (χ0v) is 41.5. The van der Waals surface area contributed by atoms with Crippen LogP contribution in [-0.4, -0.2) is 29.1 Å². The van der Waals surface area contributed by atoms with Crippen LogP contribution >= 0.6 is 0 Å². The lowest BCUT2D eigenvalue weighted by Crippen LogP contribution is -2.15. The van der Waals surface area contributed by atoms with Crippen molar-refractivity contribution < 1.29 is 0 Å². The topological polar surface area (TPSA) is 61.4 Å². The molecule has 74 heavy (non-hydrogen) atoms. The van der Waals surface area contributed by atoms with Gasteiger partial charge in [0, 0.05) is 66.4 Å². The molecule has 4 aromatic heterocycles. The van der Waals surface area contributed by atoms with Gasteiger partial charge in [0.25, 0.3) is 0 Å². The average Bonchev–Trinajstić information content (AvgIpc) is 4.16. The van der Waals surface area contributed by atoms with Gasteiger partial charge in [-0.15, -0.1) is 0 Å². The number of hydrogen-bond acceptors (Lipinski definition) is 4. The molecular formula is C68H48N6. The number of aromatic nitrogens is 6. The normalized spacial score (nSPS) is 13.9. The van der Waals surface area contributed by atoms with E-state index in [0.717, 1.165) is 61.3 Å². The van der Waals surface area contributed by atoms with Crippen molar-refractivity contribution in [2.45, 2.75) is 38.5 Å². The highest BCUT2D eigenvalue weighted by Gasteiger charge is 2.40. The second kappa shape index (κ2) is 15.6. The lowest BCUT2D eigenvalue weighted by molar-refractivity contribution is 0.666. The Balaban J connectivity index is 1.03. The molecule has 350 valence electrons. The van der Waals surface area contributed by atoms with E-state index in [1.54, 1.807) is 0 Å². The van der Waals surface area contributed by atoms with Gasteiger partial charge in [0.1, 0.15) is 0 Å². The molecule has 4 heterocycles. The molecule has 0 saturated heterocycles. The number of fused-ring (bicyclic) bond motifs is 14. The second-order valence-electron chi connectivity index (χ2n) is 21.0. The van der Waals surface area contributed by atoms with Crippen LogP contribution in [0.1, 0.15) is 49.9 Å². The van der Waals surface area contributed by atoms with E-state index >= 15 is 0 Å². The lowest BCUT2D eigenvalue weighted by Gasteiger charge is -2.23. The Hall–Kier alpha value is -9.26. The first-order chi connectivity index (χ1) is 36.3. The predicted octanol–water partition coefficient (Wildman–Crippen LogP) is 16.7. The summed E-state index contributed by atoms with van der Waals surface area (Å²) in [7, 11) is 0. The molecule has 6 nitrogen and oxygen atoms in total. The summed E-state index contributed by atoms with van der Waals surface area (Å²) in [5.74, 6) is 1.84. The van der Waals surface area contributed by atoms with Crippen molar-refractivity contribution in [2.24, 2.45) is 0 Å². The summed E-state index contributed by atoms with van der Waals surface area (Å²) in [6.07, 6.45) is 3.99. The van der Waals surface area contributed by atoms with Gasteiger partial charge in [-0.2, -0.15) is 0 Å². The van der Waals surface area contributed by atoms with E-state index in [4.69, 9.17) is 19.9 Å². The maximum absolute atomic E-state index is 5.27. The fourth-order valence-electron chi connectivity index (χ4n) is 13.0. The third kappa shape index (κ3) is 5.93. The Morgan fingerprint density at radius 2 is 0.770 bits per heavy atom. The Morgan fingerprint density at radius 1 is 0.338 bits per heavy atom. The van der Waals surface area contributed by atoms with Crippen LogP contribution in [0, 0.1) is 0 Å². The quantitative estimate of drug-likeness (QED) is 0.167. The van der Waals surface area contributed by atoms with Crippen LogP contribution in [0.4, 0.5) is 0 Å². The van der Waals surface area contributed by atoms with Crippen molar-refractivity contribution in [3.05, 3.63) is 241 Å². The minimum atomic E-state index is -0.234. The van der Waals surface area contributed by atoms with Gasteiger partial charge >= 0.3 is 0 Å². The van der Waals surface area contributed by atoms with Crippen LogP contribution in [0.15, 0.2) is 219 Å². The molecule has 0 atom stereocenters. The first kappa shape index (κ1) is 42.4. The molecule has 0 unspecified atom stereocenters. The molecule has 9 aromatic carbocycles. The minimum Gasteiger partial charge on any atom is -0.309 e. The molecule has 15 rings (SSSR count). The minimum absolute atomic E-state index is 0.205. The zero-order valence-electron chi connectivity index (χ0n) is 41.5. The van der Waals surface area contributed by atoms with E-state index < -0.39 is 0 Å². The molecule has 0 amide bonds. The SMILES string of the molecule is CC1(C)c2ccccc2-c2ccc3c(c21)c1ccccc1n3-c1cnccc1-c1ccc(-c2nc(-c3ccccc3)nc(-c3ccccc3)n2)cc1-n1c2ccccc2c2c3c(ccc21)-c1ccccc1C3(C)C. The fourth-order valence-corrected chi connectivity index (χ4v) is 13.0.